The zero-order chi connectivity index (χ0) is 14.4. The normalized spacial score (nSPS) is 31.3. The first-order valence-corrected chi connectivity index (χ1v) is 6.71. The van der Waals surface area contributed by atoms with Crippen molar-refractivity contribution in [1.29, 1.82) is 0 Å². The standard InChI is InChI=1S/C13H22F2N2O2/c1-7(11(14)15)16-10-8-5-17(6-9(8)10)12(18)19-13(2,3)4/h7-11,16H,5-6H2,1-4H3. The zero-order valence-corrected chi connectivity index (χ0v) is 11.8. The number of rotatable bonds is 3. The fourth-order valence-electron chi connectivity index (χ4n) is 2.63. The van der Waals surface area contributed by atoms with Crippen LogP contribution in [0.15, 0.2) is 0 Å². The summed E-state index contributed by atoms with van der Waals surface area (Å²) in [6, 6.07) is -0.659. The predicted octanol–water partition coefficient (Wildman–Crippen LogP) is 2.09. The van der Waals surface area contributed by atoms with Crippen LogP contribution in [0.2, 0.25) is 0 Å². The van der Waals surface area contributed by atoms with Crippen LogP contribution >= 0.6 is 0 Å². The summed E-state index contributed by atoms with van der Waals surface area (Å²) < 4.78 is 30.2. The molecule has 19 heavy (non-hydrogen) atoms. The van der Waals surface area contributed by atoms with Gasteiger partial charge in [-0.2, -0.15) is 0 Å². The van der Waals surface area contributed by atoms with Crippen molar-refractivity contribution in [3.63, 3.8) is 0 Å². The maximum absolute atomic E-state index is 12.4. The molecule has 2 rings (SSSR count). The van der Waals surface area contributed by atoms with Crippen LogP contribution in [0.4, 0.5) is 13.6 Å². The van der Waals surface area contributed by atoms with Crippen molar-refractivity contribution in [1.82, 2.24) is 10.2 Å². The van der Waals surface area contributed by atoms with Crippen molar-refractivity contribution in [3.05, 3.63) is 0 Å². The minimum absolute atomic E-state index is 0.127. The van der Waals surface area contributed by atoms with Gasteiger partial charge in [-0.3, -0.25) is 0 Å². The van der Waals surface area contributed by atoms with Gasteiger partial charge < -0.3 is 15.0 Å². The topological polar surface area (TPSA) is 41.6 Å². The van der Waals surface area contributed by atoms with E-state index in [1.54, 1.807) is 4.90 Å². The van der Waals surface area contributed by atoms with Crippen molar-refractivity contribution < 1.29 is 18.3 Å². The number of likely N-dealkylation sites (tertiary alicyclic amines) is 1. The van der Waals surface area contributed by atoms with E-state index in [9.17, 15) is 13.6 Å². The van der Waals surface area contributed by atoms with Gasteiger partial charge in [0, 0.05) is 19.1 Å². The summed E-state index contributed by atoms with van der Waals surface area (Å²) in [6.45, 7) is 8.19. The molecule has 1 heterocycles. The van der Waals surface area contributed by atoms with Crippen LogP contribution in [0.1, 0.15) is 27.7 Å². The molecule has 110 valence electrons. The lowest BCUT2D eigenvalue weighted by atomic mass is 10.2. The van der Waals surface area contributed by atoms with Crippen LogP contribution in [0, 0.1) is 11.8 Å². The Morgan fingerprint density at radius 1 is 1.32 bits per heavy atom. The second-order valence-electron chi connectivity index (χ2n) is 6.53. The Hall–Kier alpha value is -0.910. The number of carbonyl (C=O) groups excluding carboxylic acids is 1. The number of halogens is 2. The molecule has 4 nitrogen and oxygen atoms in total. The van der Waals surface area contributed by atoms with E-state index in [-0.39, 0.29) is 12.1 Å². The molecule has 2 aliphatic rings. The molecule has 0 aromatic carbocycles. The molecule has 1 saturated heterocycles. The summed E-state index contributed by atoms with van der Waals surface area (Å²) >= 11 is 0. The van der Waals surface area contributed by atoms with Crippen LogP contribution in [0.3, 0.4) is 0 Å². The Balaban J connectivity index is 1.76. The van der Waals surface area contributed by atoms with Crippen LogP contribution in [-0.2, 0) is 4.74 Å². The van der Waals surface area contributed by atoms with Gasteiger partial charge in [0.1, 0.15) is 5.60 Å². The second kappa shape index (κ2) is 4.89. The number of ether oxygens (including phenoxy) is 1. The van der Waals surface area contributed by atoms with Crippen molar-refractivity contribution in [2.45, 2.75) is 51.8 Å². The van der Waals surface area contributed by atoms with Crippen LogP contribution in [0.5, 0.6) is 0 Å². The first kappa shape index (κ1) is 14.5. The molecule has 1 saturated carbocycles. The number of carbonyl (C=O) groups is 1. The van der Waals surface area contributed by atoms with Gasteiger partial charge in [0.05, 0.1) is 6.04 Å². The Morgan fingerprint density at radius 2 is 1.84 bits per heavy atom. The molecule has 0 radical (unpaired) electrons. The highest BCUT2D eigenvalue weighted by Crippen LogP contribution is 2.46. The predicted molar refractivity (Wildman–Crippen MR) is 67.2 cm³/mol. The molecule has 1 aliphatic heterocycles. The number of alkyl halides is 2. The average Bonchev–Trinajstić information content (AvgIpc) is 2.72. The number of amides is 1. The number of hydrogen-bond acceptors (Lipinski definition) is 3. The van der Waals surface area contributed by atoms with Gasteiger partial charge in [0.2, 0.25) is 0 Å². The van der Waals surface area contributed by atoms with Crippen molar-refractivity contribution in [3.8, 4) is 0 Å². The van der Waals surface area contributed by atoms with E-state index >= 15 is 0 Å². The SMILES string of the molecule is CC(NC1C2CN(C(=O)OC(C)(C)C)CC21)C(F)F. The Bertz CT molecular complexity index is 345. The van der Waals surface area contributed by atoms with Crippen molar-refractivity contribution in [2.24, 2.45) is 11.8 Å². The van der Waals surface area contributed by atoms with Gasteiger partial charge in [-0.25, -0.2) is 13.6 Å². The maximum atomic E-state index is 12.4. The summed E-state index contributed by atoms with van der Waals surface area (Å²) in [5, 5.41) is 2.93. The van der Waals surface area contributed by atoms with Gasteiger partial charge in [0.25, 0.3) is 6.43 Å². The summed E-state index contributed by atoms with van der Waals surface area (Å²) in [5.74, 6) is 0.599. The molecule has 0 aromatic rings. The van der Waals surface area contributed by atoms with Crippen LogP contribution in [-0.4, -0.2) is 48.2 Å². The zero-order valence-electron chi connectivity index (χ0n) is 11.8. The fraction of sp³-hybridized carbons (Fsp3) is 0.923. The highest BCUT2D eigenvalue weighted by molar-refractivity contribution is 5.69. The molecule has 0 spiro atoms. The minimum Gasteiger partial charge on any atom is -0.444 e. The third-order valence-electron chi connectivity index (χ3n) is 3.68. The van der Waals surface area contributed by atoms with Gasteiger partial charge in [0.15, 0.2) is 0 Å². The summed E-state index contributed by atoms with van der Waals surface area (Å²) in [7, 11) is 0. The molecular formula is C13H22F2N2O2. The van der Waals surface area contributed by atoms with E-state index in [1.807, 2.05) is 20.8 Å². The number of fused-ring (bicyclic) bond motifs is 1. The third-order valence-corrected chi connectivity index (χ3v) is 3.68. The molecule has 1 amide bonds. The van der Waals surface area contributed by atoms with Crippen molar-refractivity contribution in [2.75, 3.05) is 13.1 Å². The van der Waals surface area contributed by atoms with E-state index < -0.39 is 18.1 Å². The van der Waals surface area contributed by atoms with E-state index in [0.29, 0.717) is 24.9 Å². The van der Waals surface area contributed by atoms with Gasteiger partial charge >= 0.3 is 6.09 Å². The quantitative estimate of drug-likeness (QED) is 0.858. The minimum atomic E-state index is -2.34. The Morgan fingerprint density at radius 3 is 2.26 bits per heavy atom. The Kier molecular flexibility index (Phi) is 3.73. The summed E-state index contributed by atoms with van der Waals surface area (Å²) in [4.78, 5) is 13.5. The van der Waals surface area contributed by atoms with Crippen LogP contribution < -0.4 is 5.32 Å². The largest absolute Gasteiger partial charge is 0.444 e. The lowest BCUT2D eigenvalue weighted by Gasteiger charge is -2.26. The molecule has 2 fully saturated rings. The van der Waals surface area contributed by atoms with Crippen LogP contribution in [0.25, 0.3) is 0 Å². The fourth-order valence-corrected chi connectivity index (χ4v) is 2.63. The molecule has 0 bridgehead atoms. The monoisotopic (exact) mass is 276 g/mol. The first-order valence-electron chi connectivity index (χ1n) is 6.71. The highest BCUT2D eigenvalue weighted by atomic mass is 19.3. The molecule has 6 heteroatoms. The van der Waals surface area contributed by atoms with E-state index in [0.717, 1.165) is 0 Å². The molecular weight excluding hydrogens is 254 g/mol. The third kappa shape index (κ3) is 3.35. The van der Waals surface area contributed by atoms with Gasteiger partial charge in [-0.1, -0.05) is 0 Å². The summed E-state index contributed by atoms with van der Waals surface area (Å²) in [5.41, 5.74) is -0.494. The molecule has 3 unspecified atom stereocenters. The molecule has 0 aromatic heterocycles. The lowest BCUT2D eigenvalue weighted by molar-refractivity contribution is 0.0264. The second-order valence-corrected chi connectivity index (χ2v) is 6.53. The molecule has 1 N–H and O–H groups in total. The maximum Gasteiger partial charge on any atom is 0.410 e. The van der Waals surface area contributed by atoms with Gasteiger partial charge in [-0.05, 0) is 39.5 Å². The van der Waals surface area contributed by atoms with E-state index in [1.165, 1.54) is 6.92 Å². The Labute approximate surface area is 112 Å². The average molecular weight is 276 g/mol. The van der Waals surface area contributed by atoms with Gasteiger partial charge in [-0.15, -0.1) is 0 Å². The number of nitrogens with one attached hydrogen (secondary N) is 1. The van der Waals surface area contributed by atoms with E-state index in [2.05, 4.69) is 5.32 Å². The van der Waals surface area contributed by atoms with Crippen molar-refractivity contribution >= 4 is 6.09 Å². The number of nitrogens with zero attached hydrogens (tertiary/aromatic N) is 1. The molecule has 1 aliphatic carbocycles. The molecule has 3 atom stereocenters. The highest BCUT2D eigenvalue weighted by Gasteiger charge is 2.57. The lowest BCUT2D eigenvalue weighted by Crippen LogP contribution is -2.42. The number of hydrogen-bond donors (Lipinski definition) is 1. The smallest absolute Gasteiger partial charge is 0.410 e. The van der Waals surface area contributed by atoms with E-state index in [4.69, 9.17) is 4.74 Å². The summed E-state index contributed by atoms with van der Waals surface area (Å²) in [6.07, 6.45) is -2.65. The first-order chi connectivity index (χ1) is 8.69. The number of piperidine rings is 1.